The van der Waals surface area contributed by atoms with Gasteiger partial charge in [-0.1, -0.05) is 51.3 Å². The minimum absolute atomic E-state index is 0.0787. The maximum Gasteiger partial charge on any atom is 0.356 e. The van der Waals surface area contributed by atoms with Gasteiger partial charge in [0.25, 0.3) is 0 Å². The smallest absolute Gasteiger partial charge is 0.356 e. The predicted octanol–water partition coefficient (Wildman–Crippen LogP) is 4.04. The molecule has 1 aromatic rings. The number of benzene rings is 1. The number of hydrogen-bond donors (Lipinski definition) is 0. The zero-order chi connectivity index (χ0) is 11.7. The molecule has 0 atom stereocenters. The van der Waals surface area contributed by atoms with Crippen molar-refractivity contribution in [2.24, 2.45) is 0 Å². The molecule has 1 aliphatic rings. The van der Waals surface area contributed by atoms with Crippen molar-refractivity contribution in [2.45, 2.75) is 0 Å². The standard InChI is InChI=1S/C11H5BrCl2O2/c12-7-3-1-6(2-4-7)5-8-9(13)10(14)11(15)16-8/h1-5H/b8-5-. The number of carbonyl (C=O) groups excluding carboxylic acids is 1. The highest BCUT2D eigenvalue weighted by molar-refractivity contribution is 9.10. The van der Waals surface area contributed by atoms with Crippen LogP contribution < -0.4 is 0 Å². The summed E-state index contributed by atoms with van der Waals surface area (Å²) in [5, 5.41) is 0.0691. The first-order chi connectivity index (χ1) is 7.58. The van der Waals surface area contributed by atoms with Gasteiger partial charge in [0.1, 0.15) is 10.1 Å². The maximum absolute atomic E-state index is 11.1. The Morgan fingerprint density at radius 1 is 1.12 bits per heavy atom. The van der Waals surface area contributed by atoms with Gasteiger partial charge < -0.3 is 4.74 Å². The SMILES string of the molecule is O=C1O/C(=C\c2ccc(Br)cc2)C(Cl)=C1Cl. The molecule has 0 unspecified atom stereocenters. The summed E-state index contributed by atoms with van der Waals surface area (Å²) in [6, 6.07) is 7.48. The number of esters is 1. The van der Waals surface area contributed by atoms with Gasteiger partial charge in [0.15, 0.2) is 5.76 Å². The van der Waals surface area contributed by atoms with Crippen LogP contribution in [-0.4, -0.2) is 5.97 Å². The van der Waals surface area contributed by atoms with E-state index in [-0.39, 0.29) is 15.8 Å². The number of halogens is 3. The summed E-state index contributed by atoms with van der Waals surface area (Å²) < 4.78 is 5.86. The lowest BCUT2D eigenvalue weighted by molar-refractivity contribution is -0.132. The molecule has 1 aromatic carbocycles. The first kappa shape index (κ1) is 11.7. The fourth-order valence-electron chi connectivity index (χ4n) is 1.19. The molecule has 0 radical (unpaired) electrons. The Morgan fingerprint density at radius 2 is 1.75 bits per heavy atom. The molecule has 5 heteroatoms. The molecule has 1 heterocycles. The topological polar surface area (TPSA) is 26.3 Å². The van der Waals surface area contributed by atoms with Crippen LogP contribution in [0.5, 0.6) is 0 Å². The summed E-state index contributed by atoms with van der Waals surface area (Å²) in [7, 11) is 0. The Labute approximate surface area is 111 Å². The van der Waals surface area contributed by atoms with E-state index in [2.05, 4.69) is 15.9 Å². The van der Waals surface area contributed by atoms with Gasteiger partial charge in [-0.2, -0.15) is 0 Å². The molecule has 2 rings (SSSR count). The Balaban J connectivity index is 2.33. The van der Waals surface area contributed by atoms with Gasteiger partial charge in [-0.05, 0) is 23.8 Å². The van der Waals surface area contributed by atoms with Crippen LogP contribution >= 0.6 is 39.1 Å². The molecule has 1 aliphatic heterocycles. The van der Waals surface area contributed by atoms with Crippen molar-refractivity contribution in [3.63, 3.8) is 0 Å². The third-order valence-electron chi connectivity index (χ3n) is 1.96. The molecule has 0 bridgehead atoms. The van der Waals surface area contributed by atoms with Crippen LogP contribution in [0.3, 0.4) is 0 Å². The summed E-state index contributed by atoms with van der Waals surface area (Å²) in [5.41, 5.74) is 0.871. The number of carbonyl (C=O) groups is 1. The van der Waals surface area contributed by atoms with E-state index in [1.54, 1.807) is 6.08 Å². The zero-order valence-electron chi connectivity index (χ0n) is 7.84. The summed E-state index contributed by atoms with van der Waals surface area (Å²) >= 11 is 14.8. The monoisotopic (exact) mass is 318 g/mol. The lowest BCUT2D eigenvalue weighted by Gasteiger charge is -1.98. The van der Waals surface area contributed by atoms with Crippen LogP contribution in [-0.2, 0) is 9.53 Å². The summed E-state index contributed by atoms with van der Waals surface area (Å²) in [6.45, 7) is 0. The number of ether oxygens (including phenoxy) is 1. The predicted molar refractivity (Wildman–Crippen MR) is 66.9 cm³/mol. The molecule has 82 valence electrons. The summed E-state index contributed by atoms with van der Waals surface area (Å²) in [6.07, 6.45) is 1.65. The highest BCUT2D eigenvalue weighted by atomic mass is 79.9. The molecule has 0 spiro atoms. The van der Waals surface area contributed by atoms with Crippen LogP contribution in [0, 0.1) is 0 Å². The van der Waals surface area contributed by atoms with Gasteiger partial charge in [0, 0.05) is 4.47 Å². The van der Waals surface area contributed by atoms with E-state index in [9.17, 15) is 4.79 Å². The highest BCUT2D eigenvalue weighted by Gasteiger charge is 2.27. The Bertz CT molecular complexity index is 503. The van der Waals surface area contributed by atoms with Gasteiger partial charge in [0.05, 0.1) is 0 Å². The average Bonchev–Trinajstić information content (AvgIpc) is 2.50. The molecule has 0 saturated heterocycles. The van der Waals surface area contributed by atoms with E-state index in [1.807, 2.05) is 24.3 Å². The molecule has 2 nitrogen and oxygen atoms in total. The van der Waals surface area contributed by atoms with Crippen molar-refractivity contribution in [3.8, 4) is 0 Å². The van der Waals surface area contributed by atoms with Crippen LogP contribution in [0.25, 0.3) is 6.08 Å². The van der Waals surface area contributed by atoms with Gasteiger partial charge in [0.2, 0.25) is 0 Å². The first-order valence-electron chi connectivity index (χ1n) is 4.33. The minimum atomic E-state index is -0.616. The number of allylic oxidation sites excluding steroid dienone is 1. The fourth-order valence-corrected chi connectivity index (χ4v) is 1.76. The molecule has 0 amide bonds. The third-order valence-corrected chi connectivity index (χ3v) is 3.30. The van der Waals surface area contributed by atoms with Crippen molar-refractivity contribution in [1.29, 1.82) is 0 Å². The number of cyclic esters (lactones) is 1. The number of hydrogen-bond acceptors (Lipinski definition) is 2. The second-order valence-corrected chi connectivity index (χ2v) is 4.75. The summed E-state index contributed by atoms with van der Waals surface area (Å²) in [5.74, 6) is -0.339. The van der Waals surface area contributed by atoms with Crippen LogP contribution in [0.2, 0.25) is 0 Å². The minimum Gasteiger partial charge on any atom is -0.421 e. The van der Waals surface area contributed by atoms with Gasteiger partial charge >= 0.3 is 5.97 Å². The quantitative estimate of drug-likeness (QED) is 0.730. The second kappa shape index (κ2) is 4.62. The Kier molecular flexibility index (Phi) is 3.38. The van der Waals surface area contributed by atoms with E-state index in [0.717, 1.165) is 10.0 Å². The van der Waals surface area contributed by atoms with Crippen LogP contribution in [0.15, 0.2) is 44.6 Å². The van der Waals surface area contributed by atoms with Crippen molar-refractivity contribution >= 4 is 51.2 Å². The molecule has 0 aromatic heterocycles. The molecule has 0 saturated carbocycles. The molecule has 16 heavy (non-hydrogen) atoms. The lowest BCUT2D eigenvalue weighted by Crippen LogP contribution is -1.93. The van der Waals surface area contributed by atoms with Crippen LogP contribution in [0.4, 0.5) is 0 Å². The van der Waals surface area contributed by atoms with Crippen molar-refractivity contribution in [3.05, 3.63) is 50.1 Å². The summed E-state index contributed by atoms with van der Waals surface area (Å²) in [4.78, 5) is 11.1. The first-order valence-corrected chi connectivity index (χ1v) is 5.88. The van der Waals surface area contributed by atoms with Crippen molar-refractivity contribution < 1.29 is 9.53 Å². The van der Waals surface area contributed by atoms with Gasteiger partial charge in [-0.15, -0.1) is 0 Å². The van der Waals surface area contributed by atoms with Crippen molar-refractivity contribution in [1.82, 2.24) is 0 Å². The maximum atomic E-state index is 11.1. The Morgan fingerprint density at radius 3 is 2.25 bits per heavy atom. The van der Waals surface area contributed by atoms with E-state index in [1.165, 1.54) is 0 Å². The van der Waals surface area contributed by atoms with E-state index < -0.39 is 5.97 Å². The van der Waals surface area contributed by atoms with Crippen LogP contribution in [0.1, 0.15) is 5.56 Å². The molecule has 0 fully saturated rings. The van der Waals surface area contributed by atoms with Gasteiger partial charge in [-0.3, -0.25) is 0 Å². The molecule has 0 aliphatic carbocycles. The Hall–Kier alpha value is -0.770. The fraction of sp³-hybridized carbons (Fsp3) is 0. The van der Waals surface area contributed by atoms with Gasteiger partial charge in [-0.25, -0.2) is 4.79 Å². The lowest BCUT2D eigenvalue weighted by atomic mass is 10.2. The normalized spacial score (nSPS) is 18.2. The van der Waals surface area contributed by atoms with Crippen molar-refractivity contribution in [2.75, 3.05) is 0 Å². The van der Waals surface area contributed by atoms with E-state index >= 15 is 0 Å². The third kappa shape index (κ3) is 2.32. The van der Waals surface area contributed by atoms with E-state index in [0.29, 0.717) is 0 Å². The molecular weight excluding hydrogens is 315 g/mol. The molecule has 0 N–H and O–H groups in total. The average molecular weight is 320 g/mol. The molecular formula is C11H5BrCl2O2. The second-order valence-electron chi connectivity index (χ2n) is 3.08. The van der Waals surface area contributed by atoms with E-state index in [4.69, 9.17) is 27.9 Å². The number of rotatable bonds is 1. The highest BCUT2D eigenvalue weighted by Crippen LogP contribution is 2.32. The largest absolute Gasteiger partial charge is 0.421 e. The zero-order valence-corrected chi connectivity index (χ0v) is 10.9.